The van der Waals surface area contributed by atoms with Gasteiger partial charge >= 0.3 is 16.1 Å². The van der Waals surface area contributed by atoms with Gasteiger partial charge in [-0.15, -0.1) is 9.42 Å². The highest BCUT2D eigenvalue weighted by Crippen LogP contribution is 2.54. The van der Waals surface area contributed by atoms with Crippen LogP contribution in [-0.2, 0) is 36.9 Å². The van der Waals surface area contributed by atoms with Gasteiger partial charge in [0.2, 0.25) is 5.95 Å². The minimum absolute atomic E-state index is 0.0157. The van der Waals surface area contributed by atoms with E-state index < -0.39 is 77.3 Å². The standard InChI is InChI=1S/C22H25N9O12P2/c23-10-1-2-25-16-12(10)26-7-30(16)20-14-15(42-44(34)35)22(41-20,5-38-14)6-39-45(36,37)43-11-3-9(4-32)40-19(11)31-8-27-13-17(31)28-21(24)29-18(13)33/h1-2,7-9,11,14-15,19-20,32H,3-6H2,(H6-,23,24,25,28,29,33,34,35,36,37)/p+1/t9-,11?,14?,15+,19+,20+,22+/m0/s1. The van der Waals surface area contributed by atoms with Crippen LogP contribution in [0.15, 0.2) is 29.7 Å². The van der Waals surface area contributed by atoms with Gasteiger partial charge in [0.25, 0.3) is 5.56 Å². The number of phosphoric acid groups is 1. The van der Waals surface area contributed by atoms with Crippen molar-refractivity contribution in [1.29, 1.82) is 0 Å². The number of nitrogens with one attached hydrogen (secondary N) is 1. The van der Waals surface area contributed by atoms with Crippen LogP contribution in [0.4, 0.5) is 11.6 Å². The SMILES string of the molecule is Nc1nc2c(ncn2[C@@H]2O[C@H](CO)CC2OP(=O)(O)OC[C@@]23COC([C@H](n4cnc5c(N)ccnc54)O2)[C@H]3O[P+](=O)O)c(=O)[nH]1. The predicted octanol–water partition coefficient (Wildman–Crippen LogP) is -0.788. The Hall–Kier alpha value is -3.46. The van der Waals surface area contributed by atoms with Crippen molar-refractivity contribution in [3.63, 3.8) is 0 Å². The maximum absolute atomic E-state index is 13.3. The molecule has 23 heteroatoms. The van der Waals surface area contributed by atoms with Crippen molar-refractivity contribution in [2.24, 2.45) is 0 Å². The largest absolute Gasteiger partial charge is 0.695 e. The number of nitrogens with zero attached hydrogens (tertiary/aromatic N) is 6. The van der Waals surface area contributed by atoms with Crippen LogP contribution in [-0.4, -0.2) is 98.8 Å². The van der Waals surface area contributed by atoms with E-state index in [0.717, 1.165) is 0 Å². The highest BCUT2D eigenvalue weighted by Gasteiger charge is 2.67. The van der Waals surface area contributed by atoms with Crippen molar-refractivity contribution >= 4 is 50.0 Å². The number of pyridine rings is 1. The molecule has 4 aromatic heterocycles. The van der Waals surface area contributed by atoms with E-state index in [2.05, 4.69) is 24.9 Å². The first-order chi connectivity index (χ1) is 21.5. The number of nitrogens with two attached hydrogens (primary N) is 2. The van der Waals surface area contributed by atoms with E-state index in [1.807, 2.05) is 0 Å². The summed E-state index contributed by atoms with van der Waals surface area (Å²) in [5.41, 5.74) is 10.5. The van der Waals surface area contributed by atoms with Crippen LogP contribution >= 0.6 is 16.1 Å². The first kappa shape index (κ1) is 30.2. The number of rotatable bonds is 10. The number of H-pyrrole nitrogens is 1. The highest BCUT2D eigenvalue weighted by atomic mass is 31.2. The molecule has 2 bridgehead atoms. The molecule has 0 spiro atoms. The van der Waals surface area contributed by atoms with Gasteiger partial charge in [0, 0.05) is 17.2 Å². The van der Waals surface area contributed by atoms with E-state index in [4.69, 9.17) is 39.2 Å². The van der Waals surface area contributed by atoms with E-state index >= 15 is 0 Å². The number of phosphoric ester groups is 1. The second kappa shape index (κ2) is 11.1. The Morgan fingerprint density at radius 1 is 1.18 bits per heavy atom. The average molecular weight is 670 g/mol. The number of nitrogen functional groups attached to an aromatic ring is 2. The summed E-state index contributed by atoms with van der Waals surface area (Å²) in [6, 6.07) is 1.57. The molecule has 0 aliphatic carbocycles. The van der Waals surface area contributed by atoms with Crippen LogP contribution in [0.1, 0.15) is 18.9 Å². The molecule has 0 radical (unpaired) electrons. The van der Waals surface area contributed by atoms with Crippen LogP contribution in [0.25, 0.3) is 22.3 Å². The fourth-order valence-corrected chi connectivity index (χ4v) is 7.29. The fourth-order valence-electron chi connectivity index (χ4n) is 5.81. The number of aromatic amines is 1. The van der Waals surface area contributed by atoms with Crippen LogP contribution in [0.3, 0.4) is 0 Å². The van der Waals surface area contributed by atoms with E-state index in [-0.39, 0.29) is 30.1 Å². The van der Waals surface area contributed by atoms with Crippen molar-refractivity contribution in [1.82, 2.24) is 34.1 Å². The maximum Gasteiger partial charge on any atom is 0.695 e. The molecule has 4 aromatic rings. The number of ether oxygens (including phenoxy) is 3. The molecule has 9 atom stereocenters. The van der Waals surface area contributed by atoms with Gasteiger partial charge in [-0.2, -0.15) is 4.98 Å². The Balaban J connectivity index is 1.13. The lowest BCUT2D eigenvalue weighted by molar-refractivity contribution is -0.184. The van der Waals surface area contributed by atoms with Gasteiger partial charge < -0.3 is 35.7 Å². The maximum atomic E-state index is 13.3. The predicted molar refractivity (Wildman–Crippen MR) is 148 cm³/mol. The summed E-state index contributed by atoms with van der Waals surface area (Å²) in [5.74, 6) is -0.199. The van der Waals surface area contributed by atoms with Crippen molar-refractivity contribution in [3.8, 4) is 0 Å². The third-order valence-corrected chi connectivity index (χ3v) is 9.16. The molecular formula is C22H26N9O12P2+. The fraction of sp³-hybridized carbons (Fsp3) is 0.500. The first-order valence-corrected chi connectivity index (χ1v) is 15.9. The van der Waals surface area contributed by atoms with E-state index in [1.54, 1.807) is 6.07 Å². The number of aliphatic hydroxyl groups excluding tert-OH is 1. The molecule has 7 heterocycles. The van der Waals surface area contributed by atoms with Gasteiger partial charge in [-0.3, -0.25) is 28.0 Å². The zero-order chi connectivity index (χ0) is 31.7. The molecule has 21 nitrogen and oxygen atoms in total. The van der Waals surface area contributed by atoms with Crippen molar-refractivity contribution in [2.75, 3.05) is 31.3 Å². The molecule has 3 aliphatic rings. The number of aliphatic hydroxyl groups is 1. The van der Waals surface area contributed by atoms with Crippen LogP contribution in [0.2, 0.25) is 0 Å². The second-order valence-corrected chi connectivity index (χ2v) is 12.7. The Bertz CT molecular complexity index is 1900. The summed E-state index contributed by atoms with van der Waals surface area (Å²) < 4.78 is 61.9. The summed E-state index contributed by atoms with van der Waals surface area (Å²) in [6.45, 7) is -1.35. The lowest BCUT2D eigenvalue weighted by Crippen LogP contribution is -2.45. The highest BCUT2D eigenvalue weighted by molar-refractivity contribution is 7.47. The molecule has 0 saturated carbocycles. The lowest BCUT2D eigenvalue weighted by atomic mass is 10.0. The Labute approximate surface area is 251 Å². The molecular weight excluding hydrogens is 644 g/mol. The molecule has 0 aromatic carbocycles. The zero-order valence-corrected chi connectivity index (χ0v) is 24.6. The number of fused-ring (bicyclic) bond motifs is 4. The Kier molecular flexibility index (Phi) is 7.46. The van der Waals surface area contributed by atoms with E-state index in [9.17, 15) is 28.8 Å². The minimum atomic E-state index is -4.96. The molecule has 0 amide bonds. The quantitative estimate of drug-likeness (QED) is 0.113. The number of aromatic nitrogens is 7. The van der Waals surface area contributed by atoms with Crippen molar-refractivity contribution in [2.45, 2.75) is 48.9 Å². The van der Waals surface area contributed by atoms with E-state index in [1.165, 1.54) is 28.0 Å². The third kappa shape index (κ3) is 5.21. The van der Waals surface area contributed by atoms with Gasteiger partial charge in [0.15, 0.2) is 41.0 Å². The average Bonchev–Trinajstić information content (AvgIpc) is 3.80. The van der Waals surface area contributed by atoms with E-state index in [0.29, 0.717) is 16.9 Å². The van der Waals surface area contributed by atoms with Gasteiger partial charge in [-0.25, -0.2) is 19.5 Å². The smallest absolute Gasteiger partial charge is 0.397 e. The molecule has 4 unspecified atom stereocenters. The number of anilines is 2. The molecule has 3 fully saturated rings. The molecule has 7 rings (SSSR count). The molecule has 240 valence electrons. The van der Waals surface area contributed by atoms with Gasteiger partial charge in [0.05, 0.1) is 44.3 Å². The van der Waals surface area contributed by atoms with Crippen molar-refractivity contribution in [3.05, 3.63) is 35.3 Å². The summed E-state index contributed by atoms with van der Waals surface area (Å²) >= 11 is 0. The summed E-state index contributed by atoms with van der Waals surface area (Å²) in [4.78, 5) is 51.6. The van der Waals surface area contributed by atoms with Gasteiger partial charge in [-0.05, 0) is 6.07 Å². The Morgan fingerprint density at radius 2 is 1.93 bits per heavy atom. The summed E-state index contributed by atoms with van der Waals surface area (Å²) in [7, 11) is -8.11. The summed E-state index contributed by atoms with van der Waals surface area (Å²) in [5, 5.41) is 9.74. The normalized spacial score (nSPS) is 31.2. The summed E-state index contributed by atoms with van der Waals surface area (Å²) in [6.07, 6.45) is -2.32. The molecule has 45 heavy (non-hydrogen) atoms. The number of hydrogen-bond acceptors (Lipinski definition) is 16. The van der Waals surface area contributed by atoms with Crippen LogP contribution < -0.4 is 17.0 Å². The first-order valence-electron chi connectivity index (χ1n) is 13.3. The van der Waals surface area contributed by atoms with Crippen LogP contribution in [0, 0.1) is 0 Å². The zero-order valence-electron chi connectivity index (χ0n) is 22.9. The molecule has 3 saturated heterocycles. The van der Waals surface area contributed by atoms with Crippen LogP contribution in [0.5, 0.6) is 0 Å². The minimum Gasteiger partial charge on any atom is -0.397 e. The topological polar surface area (TPSA) is 297 Å². The third-order valence-electron chi connectivity index (χ3n) is 7.76. The second-order valence-electron chi connectivity index (χ2n) is 10.6. The Morgan fingerprint density at radius 3 is 2.69 bits per heavy atom. The number of imidazole rings is 2. The lowest BCUT2D eigenvalue weighted by Gasteiger charge is -2.31. The molecule has 3 aliphatic heterocycles. The van der Waals surface area contributed by atoms with Gasteiger partial charge in [-0.1, -0.05) is 0 Å². The van der Waals surface area contributed by atoms with Gasteiger partial charge in [0.1, 0.15) is 17.7 Å². The number of hydrogen-bond donors (Lipinski definition) is 6. The molecule has 8 N–H and O–H groups in total. The van der Waals surface area contributed by atoms with Crippen molar-refractivity contribution < 1.29 is 51.8 Å². The monoisotopic (exact) mass is 670 g/mol.